The second-order valence-electron chi connectivity index (χ2n) is 8.68. The highest BCUT2D eigenvalue weighted by Crippen LogP contribution is 2.34. The lowest BCUT2D eigenvalue weighted by Crippen LogP contribution is -2.23. The summed E-state index contributed by atoms with van der Waals surface area (Å²) in [6.07, 6.45) is 9.75. The van der Waals surface area contributed by atoms with Crippen molar-refractivity contribution in [3.63, 3.8) is 0 Å². The van der Waals surface area contributed by atoms with Crippen molar-refractivity contribution in [3.8, 4) is 5.75 Å². The molecule has 6 nitrogen and oxygen atoms in total. The van der Waals surface area contributed by atoms with E-state index < -0.39 is 0 Å². The van der Waals surface area contributed by atoms with Gasteiger partial charge in [0.25, 0.3) is 5.91 Å². The molecule has 1 amide bonds. The van der Waals surface area contributed by atoms with E-state index in [-0.39, 0.29) is 17.7 Å². The normalized spacial score (nSPS) is 17.5. The predicted molar refractivity (Wildman–Crippen MR) is 144 cm³/mol. The molecule has 1 aliphatic carbocycles. The van der Waals surface area contributed by atoms with Crippen LogP contribution in [0.2, 0.25) is 5.02 Å². The zero-order valence-electron chi connectivity index (χ0n) is 19.9. The zero-order valence-corrected chi connectivity index (χ0v) is 21.5. The predicted octanol–water partition coefficient (Wildman–Crippen LogP) is 7.14. The Balaban J connectivity index is 1.54. The molecule has 2 aromatic heterocycles. The van der Waals surface area contributed by atoms with Crippen molar-refractivity contribution in [2.75, 3.05) is 16.9 Å². The van der Waals surface area contributed by atoms with Crippen LogP contribution in [0.15, 0.2) is 66.3 Å². The van der Waals surface area contributed by atoms with Gasteiger partial charge in [-0.25, -0.2) is 9.97 Å². The Morgan fingerprint density at radius 2 is 1.91 bits per heavy atom. The number of nitrogens with zero attached hydrogens (tertiary/aromatic N) is 2. The molecule has 3 aromatic rings. The monoisotopic (exact) mass is 508 g/mol. The molecule has 35 heavy (non-hydrogen) atoms. The van der Waals surface area contributed by atoms with Crippen LogP contribution in [0.3, 0.4) is 0 Å². The fraction of sp³-hybridized carbons (Fsp3) is 0.296. The molecule has 182 valence electrons. The summed E-state index contributed by atoms with van der Waals surface area (Å²) in [6, 6.07) is 13.0. The number of rotatable bonds is 8. The fourth-order valence-corrected chi connectivity index (χ4v) is 4.59. The van der Waals surface area contributed by atoms with E-state index in [1.54, 1.807) is 42.2 Å². The van der Waals surface area contributed by atoms with E-state index >= 15 is 0 Å². The summed E-state index contributed by atoms with van der Waals surface area (Å²) < 4.78 is 6.47. The summed E-state index contributed by atoms with van der Waals surface area (Å²) in [5, 5.41) is 6.53. The number of nitrogens with one attached hydrogen (secondary N) is 2. The topological polar surface area (TPSA) is 76.1 Å². The number of pyridine rings is 2. The van der Waals surface area contributed by atoms with Crippen LogP contribution in [0, 0.1) is 5.92 Å². The molecule has 0 atom stereocenters. The van der Waals surface area contributed by atoms with Crippen LogP contribution in [-0.4, -0.2) is 28.2 Å². The Labute approximate surface area is 215 Å². The van der Waals surface area contributed by atoms with E-state index in [9.17, 15) is 4.79 Å². The van der Waals surface area contributed by atoms with Crippen molar-refractivity contribution in [2.24, 2.45) is 5.92 Å². The molecule has 1 aromatic carbocycles. The van der Waals surface area contributed by atoms with Crippen molar-refractivity contribution in [1.82, 2.24) is 9.97 Å². The van der Waals surface area contributed by atoms with Crippen LogP contribution in [0.4, 0.5) is 11.5 Å². The summed E-state index contributed by atoms with van der Waals surface area (Å²) in [6.45, 7) is 6.55. The van der Waals surface area contributed by atoms with Crippen LogP contribution in [0.1, 0.15) is 48.7 Å². The SMILES string of the molecule is C=C(Nc1cccnc1C(=O)Nc1ccc(Cl)cn1)c1ccc(SC)cc1OC1CCC(C)CC1. The summed E-state index contributed by atoms with van der Waals surface area (Å²) in [7, 11) is 0. The first-order valence-electron chi connectivity index (χ1n) is 11.6. The van der Waals surface area contributed by atoms with Gasteiger partial charge in [0.1, 0.15) is 11.6 Å². The molecule has 0 unspecified atom stereocenters. The highest BCUT2D eigenvalue weighted by Gasteiger charge is 2.22. The Hall–Kier alpha value is -3.03. The number of hydrogen-bond acceptors (Lipinski definition) is 6. The Morgan fingerprint density at radius 1 is 1.11 bits per heavy atom. The number of thioether (sulfide) groups is 1. The molecule has 0 bridgehead atoms. The lowest BCUT2D eigenvalue weighted by atomic mass is 9.89. The maximum absolute atomic E-state index is 12.9. The molecule has 1 fully saturated rings. The summed E-state index contributed by atoms with van der Waals surface area (Å²) in [5.74, 6) is 1.55. The number of carbonyl (C=O) groups excluding carboxylic acids is 1. The number of benzene rings is 1. The lowest BCUT2D eigenvalue weighted by Gasteiger charge is -2.28. The highest BCUT2D eigenvalue weighted by atomic mass is 35.5. The van der Waals surface area contributed by atoms with Gasteiger partial charge in [0, 0.05) is 28.5 Å². The standard InChI is InChI=1S/C27H29ClN4O2S/c1-17-6-9-20(10-7-17)34-24-15-21(35-3)11-12-22(24)18(2)31-23-5-4-14-29-26(23)27(33)32-25-13-8-19(28)16-30-25/h4-5,8,11-17,20,31H,2,6-7,9-10H2,1,3H3,(H,30,32,33). The van der Waals surface area contributed by atoms with Crippen molar-refractivity contribution >= 4 is 46.5 Å². The molecule has 0 radical (unpaired) electrons. The Kier molecular flexibility index (Phi) is 8.31. The number of aromatic nitrogens is 2. The van der Waals surface area contributed by atoms with Crippen molar-refractivity contribution in [1.29, 1.82) is 0 Å². The number of carbonyl (C=O) groups is 1. The molecule has 1 saturated carbocycles. The highest BCUT2D eigenvalue weighted by molar-refractivity contribution is 7.98. The van der Waals surface area contributed by atoms with E-state index in [1.807, 2.05) is 18.4 Å². The van der Waals surface area contributed by atoms with Crippen LogP contribution < -0.4 is 15.4 Å². The first kappa shape index (κ1) is 25.1. The van der Waals surface area contributed by atoms with Crippen molar-refractivity contribution in [3.05, 3.63) is 77.7 Å². The van der Waals surface area contributed by atoms with Gasteiger partial charge in [-0.05, 0) is 80.3 Å². The maximum atomic E-state index is 12.9. The molecule has 8 heteroatoms. The third-order valence-electron chi connectivity index (χ3n) is 6.05. The number of hydrogen-bond donors (Lipinski definition) is 2. The van der Waals surface area contributed by atoms with E-state index in [4.69, 9.17) is 16.3 Å². The molecule has 2 heterocycles. The molecular weight excluding hydrogens is 480 g/mol. The minimum absolute atomic E-state index is 0.196. The van der Waals surface area contributed by atoms with Gasteiger partial charge >= 0.3 is 0 Å². The van der Waals surface area contributed by atoms with Crippen LogP contribution in [-0.2, 0) is 0 Å². The van der Waals surface area contributed by atoms with E-state index in [0.29, 0.717) is 22.2 Å². The average Bonchev–Trinajstić information content (AvgIpc) is 2.87. The second-order valence-corrected chi connectivity index (χ2v) is 10.00. The molecule has 0 aliphatic heterocycles. The zero-order chi connectivity index (χ0) is 24.8. The van der Waals surface area contributed by atoms with Crippen molar-refractivity contribution in [2.45, 2.75) is 43.6 Å². The molecule has 2 N–H and O–H groups in total. The summed E-state index contributed by atoms with van der Waals surface area (Å²) in [4.78, 5) is 22.5. The van der Waals surface area contributed by atoms with E-state index in [2.05, 4.69) is 40.2 Å². The molecule has 0 saturated heterocycles. The Bertz CT molecular complexity index is 1190. The first-order valence-corrected chi connectivity index (χ1v) is 13.2. The van der Waals surface area contributed by atoms with Gasteiger partial charge in [-0.1, -0.05) is 25.1 Å². The quantitative estimate of drug-likeness (QED) is 0.315. The van der Waals surface area contributed by atoms with Gasteiger partial charge in [0.2, 0.25) is 0 Å². The number of amides is 1. The van der Waals surface area contributed by atoms with Crippen molar-refractivity contribution < 1.29 is 9.53 Å². The van der Waals surface area contributed by atoms with E-state index in [1.165, 1.54) is 19.0 Å². The van der Waals surface area contributed by atoms with Gasteiger partial charge in [-0.15, -0.1) is 11.8 Å². The summed E-state index contributed by atoms with van der Waals surface area (Å²) in [5.41, 5.74) is 2.25. The van der Waals surface area contributed by atoms with Gasteiger partial charge in [0.15, 0.2) is 5.69 Å². The lowest BCUT2D eigenvalue weighted by molar-refractivity contribution is 0.102. The van der Waals surface area contributed by atoms with Gasteiger partial charge in [-0.3, -0.25) is 4.79 Å². The fourth-order valence-electron chi connectivity index (χ4n) is 4.05. The van der Waals surface area contributed by atoms with Crippen LogP contribution in [0.5, 0.6) is 5.75 Å². The largest absolute Gasteiger partial charge is 0.490 e. The van der Waals surface area contributed by atoms with Gasteiger partial charge in [0.05, 0.1) is 16.8 Å². The third-order valence-corrected chi connectivity index (χ3v) is 7.00. The molecular formula is C27H29ClN4O2S. The Morgan fingerprint density at radius 3 is 2.63 bits per heavy atom. The number of anilines is 2. The average molecular weight is 509 g/mol. The first-order chi connectivity index (χ1) is 16.9. The number of halogens is 1. The van der Waals surface area contributed by atoms with Gasteiger partial charge < -0.3 is 15.4 Å². The molecule has 0 spiro atoms. The van der Waals surface area contributed by atoms with Crippen LogP contribution >= 0.6 is 23.4 Å². The van der Waals surface area contributed by atoms with Crippen LogP contribution in [0.25, 0.3) is 5.70 Å². The minimum atomic E-state index is -0.388. The molecule has 1 aliphatic rings. The number of ether oxygens (including phenoxy) is 1. The second kappa shape index (κ2) is 11.6. The maximum Gasteiger partial charge on any atom is 0.277 e. The minimum Gasteiger partial charge on any atom is -0.490 e. The van der Waals surface area contributed by atoms with E-state index in [0.717, 1.165) is 35.0 Å². The van der Waals surface area contributed by atoms with Gasteiger partial charge in [-0.2, -0.15) is 0 Å². The molecule has 4 rings (SSSR count). The summed E-state index contributed by atoms with van der Waals surface area (Å²) >= 11 is 7.56. The third kappa shape index (κ3) is 6.55. The smallest absolute Gasteiger partial charge is 0.277 e.